The zero-order valence-electron chi connectivity index (χ0n) is 12.8. The number of nitrogens with zero attached hydrogens (tertiary/aromatic N) is 1. The van der Waals surface area contributed by atoms with Crippen LogP contribution in [0.5, 0.6) is 11.5 Å². The van der Waals surface area contributed by atoms with Gasteiger partial charge in [-0.05, 0) is 24.3 Å². The highest BCUT2D eigenvalue weighted by atomic mass is 16.5. The van der Waals surface area contributed by atoms with E-state index in [9.17, 15) is 9.59 Å². The van der Waals surface area contributed by atoms with Crippen molar-refractivity contribution in [1.29, 1.82) is 0 Å². The number of carboxylic acid groups (broad SMARTS) is 1. The Bertz CT molecular complexity index is 676. The van der Waals surface area contributed by atoms with Crippen molar-refractivity contribution < 1.29 is 28.6 Å². The summed E-state index contributed by atoms with van der Waals surface area (Å²) in [5.74, 6) is -0.169. The van der Waals surface area contributed by atoms with E-state index in [1.54, 1.807) is 38.4 Å². The van der Waals surface area contributed by atoms with Crippen LogP contribution in [0.4, 0.5) is 0 Å². The monoisotopic (exact) mass is 319 g/mol. The van der Waals surface area contributed by atoms with Crippen LogP contribution in [0.15, 0.2) is 41.0 Å². The van der Waals surface area contributed by atoms with E-state index in [0.29, 0.717) is 18.9 Å². The number of ether oxygens (including phenoxy) is 2. The van der Waals surface area contributed by atoms with Gasteiger partial charge >= 0.3 is 5.97 Å². The maximum Gasteiger partial charge on any atom is 0.338 e. The van der Waals surface area contributed by atoms with Crippen LogP contribution in [0, 0.1) is 0 Å². The van der Waals surface area contributed by atoms with Gasteiger partial charge in [-0.25, -0.2) is 4.79 Å². The molecule has 0 bridgehead atoms. The molecular formula is C16H17NO6. The molecule has 1 aromatic carbocycles. The molecule has 7 heteroatoms. The molecule has 23 heavy (non-hydrogen) atoms. The van der Waals surface area contributed by atoms with Gasteiger partial charge < -0.3 is 23.9 Å². The number of aromatic carboxylic acids is 1. The van der Waals surface area contributed by atoms with Crippen molar-refractivity contribution in [3.8, 4) is 11.5 Å². The van der Waals surface area contributed by atoms with E-state index < -0.39 is 11.9 Å². The van der Waals surface area contributed by atoms with Gasteiger partial charge in [0.1, 0.15) is 24.4 Å². The fraction of sp³-hybridized carbons (Fsp3) is 0.250. The minimum absolute atomic E-state index is 0.0191. The third-order valence-electron chi connectivity index (χ3n) is 3.16. The van der Waals surface area contributed by atoms with E-state index >= 15 is 0 Å². The Morgan fingerprint density at radius 3 is 2.43 bits per heavy atom. The molecule has 7 nitrogen and oxygen atoms in total. The molecule has 0 unspecified atom stereocenters. The zero-order valence-corrected chi connectivity index (χ0v) is 12.8. The van der Waals surface area contributed by atoms with Crippen molar-refractivity contribution in [1.82, 2.24) is 4.90 Å². The normalized spacial score (nSPS) is 10.2. The quantitative estimate of drug-likeness (QED) is 0.841. The van der Waals surface area contributed by atoms with E-state index in [2.05, 4.69) is 0 Å². The van der Waals surface area contributed by atoms with Crippen LogP contribution < -0.4 is 9.47 Å². The molecule has 0 aliphatic rings. The Balaban J connectivity index is 1.84. The predicted molar refractivity (Wildman–Crippen MR) is 81.1 cm³/mol. The summed E-state index contributed by atoms with van der Waals surface area (Å²) in [7, 11) is 3.17. The summed E-state index contributed by atoms with van der Waals surface area (Å²) in [5.41, 5.74) is -0.0590. The molecular weight excluding hydrogens is 302 g/mol. The number of likely N-dealkylation sites (N-methyl/N-ethyl adjacent to an activating group) is 1. The average Bonchev–Trinajstić information content (AvgIpc) is 3.05. The number of furan rings is 1. The molecule has 122 valence electrons. The Morgan fingerprint density at radius 1 is 1.22 bits per heavy atom. The second-order valence-corrected chi connectivity index (χ2v) is 4.76. The number of methoxy groups -OCH3 is 1. The number of rotatable bonds is 7. The number of hydrogen-bond donors (Lipinski definition) is 1. The number of carbonyl (C=O) groups is 2. The summed E-state index contributed by atoms with van der Waals surface area (Å²) >= 11 is 0. The van der Waals surface area contributed by atoms with Crippen LogP contribution in [-0.4, -0.2) is 49.2 Å². The minimum atomic E-state index is -1.14. The highest BCUT2D eigenvalue weighted by molar-refractivity contribution is 5.95. The van der Waals surface area contributed by atoms with Gasteiger partial charge in [-0.1, -0.05) is 0 Å². The van der Waals surface area contributed by atoms with Crippen molar-refractivity contribution in [2.75, 3.05) is 27.3 Å². The number of amides is 1. The second kappa shape index (κ2) is 7.35. The van der Waals surface area contributed by atoms with Gasteiger partial charge in [0, 0.05) is 13.1 Å². The Kier molecular flexibility index (Phi) is 5.24. The molecule has 0 fully saturated rings. The Morgan fingerprint density at radius 2 is 1.87 bits per heavy atom. The number of benzene rings is 1. The van der Waals surface area contributed by atoms with Crippen LogP contribution in [0.1, 0.15) is 20.9 Å². The predicted octanol–water partition coefficient (Wildman–Crippen LogP) is 2.14. The number of carbonyl (C=O) groups excluding carboxylic acids is 1. The van der Waals surface area contributed by atoms with Crippen molar-refractivity contribution in [3.05, 3.63) is 47.9 Å². The molecule has 0 atom stereocenters. The third kappa shape index (κ3) is 4.26. The smallest absolute Gasteiger partial charge is 0.338 e. The fourth-order valence-electron chi connectivity index (χ4n) is 1.82. The molecule has 0 spiro atoms. The highest BCUT2D eigenvalue weighted by Crippen LogP contribution is 2.17. The van der Waals surface area contributed by atoms with E-state index in [0.717, 1.165) is 12.0 Å². The molecule has 0 aliphatic heterocycles. The Hall–Kier alpha value is -2.96. The molecule has 1 heterocycles. The standard InChI is InChI=1S/C16H17NO6/c1-17(15(18)14-9-11(10-23-14)16(19)20)7-8-22-13-5-3-12(21-2)4-6-13/h3-6,9-10H,7-8H2,1-2H3,(H,19,20). The molecule has 2 aromatic rings. The molecule has 2 rings (SSSR count). The van der Waals surface area contributed by atoms with Gasteiger partial charge in [-0.2, -0.15) is 0 Å². The van der Waals surface area contributed by atoms with Crippen LogP contribution >= 0.6 is 0 Å². The SMILES string of the molecule is COc1ccc(OCCN(C)C(=O)c2cc(C(=O)O)co2)cc1. The molecule has 0 saturated heterocycles. The molecule has 1 N–H and O–H groups in total. The van der Waals surface area contributed by atoms with E-state index in [4.69, 9.17) is 19.0 Å². The van der Waals surface area contributed by atoms with E-state index in [1.165, 1.54) is 11.0 Å². The van der Waals surface area contributed by atoms with Gasteiger partial charge in [0.05, 0.1) is 19.2 Å². The summed E-state index contributed by atoms with van der Waals surface area (Å²) in [6.45, 7) is 0.620. The third-order valence-corrected chi connectivity index (χ3v) is 3.16. The van der Waals surface area contributed by atoms with Crippen molar-refractivity contribution in [2.24, 2.45) is 0 Å². The number of carboxylic acids is 1. The van der Waals surface area contributed by atoms with Crippen molar-refractivity contribution in [2.45, 2.75) is 0 Å². The molecule has 0 radical (unpaired) electrons. The zero-order chi connectivity index (χ0) is 16.8. The maximum atomic E-state index is 12.1. The highest BCUT2D eigenvalue weighted by Gasteiger charge is 2.18. The van der Waals surface area contributed by atoms with Gasteiger partial charge in [-0.15, -0.1) is 0 Å². The largest absolute Gasteiger partial charge is 0.497 e. The fourth-order valence-corrected chi connectivity index (χ4v) is 1.82. The molecule has 0 saturated carbocycles. The lowest BCUT2D eigenvalue weighted by Crippen LogP contribution is -2.30. The summed E-state index contributed by atoms with van der Waals surface area (Å²) in [4.78, 5) is 24.2. The lowest BCUT2D eigenvalue weighted by molar-refractivity contribution is 0.0694. The second-order valence-electron chi connectivity index (χ2n) is 4.76. The van der Waals surface area contributed by atoms with Crippen molar-refractivity contribution >= 4 is 11.9 Å². The molecule has 1 amide bonds. The van der Waals surface area contributed by atoms with E-state index in [-0.39, 0.29) is 11.3 Å². The van der Waals surface area contributed by atoms with Crippen LogP contribution in [0.2, 0.25) is 0 Å². The van der Waals surface area contributed by atoms with Crippen LogP contribution in [0.3, 0.4) is 0 Å². The first-order valence-electron chi connectivity index (χ1n) is 6.85. The number of hydrogen-bond acceptors (Lipinski definition) is 5. The van der Waals surface area contributed by atoms with Crippen molar-refractivity contribution in [3.63, 3.8) is 0 Å². The molecule has 0 aliphatic carbocycles. The van der Waals surface area contributed by atoms with Gasteiger partial charge in [0.15, 0.2) is 5.76 Å². The first-order valence-corrected chi connectivity index (χ1v) is 6.85. The van der Waals surface area contributed by atoms with E-state index in [1.807, 2.05) is 0 Å². The lowest BCUT2D eigenvalue weighted by Gasteiger charge is -2.16. The minimum Gasteiger partial charge on any atom is -0.497 e. The van der Waals surface area contributed by atoms with Gasteiger partial charge in [-0.3, -0.25) is 4.79 Å². The topological polar surface area (TPSA) is 89.2 Å². The summed E-state index contributed by atoms with van der Waals surface area (Å²) in [5, 5.41) is 8.81. The van der Waals surface area contributed by atoms with Crippen LogP contribution in [0.25, 0.3) is 0 Å². The van der Waals surface area contributed by atoms with Crippen LogP contribution in [-0.2, 0) is 0 Å². The maximum absolute atomic E-state index is 12.1. The summed E-state index contributed by atoms with van der Waals surface area (Å²) in [6, 6.07) is 8.30. The van der Waals surface area contributed by atoms with Gasteiger partial charge in [0.25, 0.3) is 5.91 Å². The Labute approximate surface area is 133 Å². The lowest BCUT2D eigenvalue weighted by atomic mass is 10.3. The first-order chi connectivity index (χ1) is 11.0. The average molecular weight is 319 g/mol. The summed E-state index contributed by atoms with van der Waals surface area (Å²) < 4.78 is 15.6. The first kappa shape index (κ1) is 16.4. The van der Waals surface area contributed by atoms with Gasteiger partial charge in [0.2, 0.25) is 0 Å². The summed E-state index contributed by atoms with van der Waals surface area (Å²) in [6.07, 6.45) is 1.04. The molecule has 1 aromatic heterocycles.